The van der Waals surface area contributed by atoms with E-state index in [0.29, 0.717) is 15.5 Å². The summed E-state index contributed by atoms with van der Waals surface area (Å²) in [7, 11) is 0. The van der Waals surface area contributed by atoms with E-state index in [2.05, 4.69) is 0 Å². The molecular formula is C18H17ClF2N2O3S. The van der Waals surface area contributed by atoms with Gasteiger partial charge >= 0.3 is 5.97 Å². The van der Waals surface area contributed by atoms with E-state index >= 15 is 0 Å². The molecule has 0 aliphatic rings. The summed E-state index contributed by atoms with van der Waals surface area (Å²) in [6.45, 7) is -0.248. The zero-order valence-electron chi connectivity index (χ0n) is 14.0. The Morgan fingerprint density at radius 2 is 1.89 bits per heavy atom. The van der Waals surface area contributed by atoms with Crippen LogP contribution in [0.25, 0.3) is 5.70 Å². The van der Waals surface area contributed by atoms with Gasteiger partial charge in [-0.25, -0.2) is 8.78 Å². The molecule has 0 aromatic heterocycles. The van der Waals surface area contributed by atoms with Crippen LogP contribution in [0.2, 0.25) is 5.02 Å². The Morgan fingerprint density at radius 1 is 1.22 bits per heavy atom. The first-order valence-electron chi connectivity index (χ1n) is 7.75. The third kappa shape index (κ3) is 5.85. The van der Waals surface area contributed by atoms with Crippen molar-refractivity contribution in [2.24, 2.45) is 10.9 Å². The Balaban J connectivity index is 2.18. The Kier molecular flexibility index (Phi) is 7.46. The standard InChI is InChI=1S/C18H17ClF2N2O3S/c19-12-3-1-2-11(8-12)17(22)15(27-23)9-26-18-13(20)6-10(7-14(18)21)4-5-16(24)25/h1-3,6-8H,4-5,9,22-23H2,(H,24,25)/b17-15-. The van der Waals surface area contributed by atoms with E-state index in [1.807, 2.05) is 0 Å². The van der Waals surface area contributed by atoms with Gasteiger partial charge in [0, 0.05) is 11.4 Å². The summed E-state index contributed by atoms with van der Waals surface area (Å²) in [5.41, 5.74) is 7.15. The molecule has 5 nitrogen and oxygen atoms in total. The van der Waals surface area contributed by atoms with Crippen LogP contribution in [0.3, 0.4) is 0 Å². The molecule has 2 rings (SSSR count). The van der Waals surface area contributed by atoms with E-state index in [-0.39, 0.29) is 30.7 Å². The van der Waals surface area contributed by atoms with Crippen LogP contribution in [-0.4, -0.2) is 17.7 Å². The predicted molar refractivity (Wildman–Crippen MR) is 102 cm³/mol. The number of halogens is 3. The van der Waals surface area contributed by atoms with Gasteiger partial charge in [-0.05, 0) is 53.8 Å². The molecule has 0 spiro atoms. The lowest BCUT2D eigenvalue weighted by atomic mass is 10.1. The van der Waals surface area contributed by atoms with E-state index in [1.165, 1.54) is 0 Å². The molecule has 0 fully saturated rings. The number of aryl methyl sites for hydroxylation is 1. The maximum absolute atomic E-state index is 14.2. The normalized spacial score (nSPS) is 11.9. The van der Waals surface area contributed by atoms with Crippen LogP contribution >= 0.6 is 23.5 Å². The van der Waals surface area contributed by atoms with E-state index in [4.69, 9.17) is 32.3 Å². The fourth-order valence-corrected chi connectivity index (χ4v) is 2.84. The lowest BCUT2D eigenvalue weighted by Crippen LogP contribution is -2.10. The first kappa shape index (κ1) is 21.0. The predicted octanol–water partition coefficient (Wildman–Crippen LogP) is 3.95. The number of carboxylic acids is 1. The van der Waals surface area contributed by atoms with Crippen molar-refractivity contribution in [3.05, 3.63) is 69.1 Å². The van der Waals surface area contributed by atoms with Gasteiger partial charge in [-0.3, -0.25) is 9.93 Å². The topological polar surface area (TPSA) is 98.6 Å². The number of hydrogen-bond acceptors (Lipinski definition) is 5. The van der Waals surface area contributed by atoms with E-state index in [9.17, 15) is 13.6 Å². The zero-order chi connectivity index (χ0) is 20.0. The molecule has 0 heterocycles. The molecule has 0 saturated carbocycles. The van der Waals surface area contributed by atoms with Crippen LogP contribution in [0, 0.1) is 11.6 Å². The summed E-state index contributed by atoms with van der Waals surface area (Å²) in [5, 5.41) is 14.7. The molecule has 2 aromatic rings. The highest BCUT2D eigenvalue weighted by Gasteiger charge is 2.15. The van der Waals surface area contributed by atoms with Crippen molar-refractivity contribution in [1.29, 1.82) is 0 Å². The van der Waals surface area contributed by atoms with Gasteiger partial charge < -0.3 is 15.6 Å². The Morgan fingerprint density at radius 3 is 2.44 bits per heavy atom. The largest absolute Gasteiger partial charge is 0.482 e. The molecule has 27 heavy (non-hydrogen) atoms. The molecule has 5 N–H and O–H groups in total. The van der Waals surface area contributed by atoms with Crippen LogP contribution in [-0.2, 0) is 11.2 Å². The lowest BCUT2D eigenvalue weighted by Gasteiger charge is -2.13. The smallest absolute Gasteiger partial charge is 0.303 e. The zero-order valence-corrected chi connectivity index (χ0v) is 15.6. The van der Waals surface area contributed by atoms with Crippen molar-refractivity contribution in [2.45, 2.75) is 12.8 Å². The average molecular weight is 415 g/mol. The lowest BCUT2D eigenvalue weighted by molar-refractivity contribution is -0.136. The second-order valence-electron chi connectivity index (χ2n) is 5.54. The molecule has 0 saturated heterocycles. The highest BCUT2D eigenvalue weighted by molar-refractivity contribution is 8.01. The molecule has 0 bridgehead atoms. The van der Waals surface area contributed by atoms with Gasteiger partial charge in [0.05, 0.1) is 10.6 Å². The molecule has 2 aromatic carbocycles. The minimum absolute atomic E-state index is 0.00890. The van der Waals surface area contributed by atoms with Crippen LogP contribution in [0.4, 0.5) is 8.78 Å². The summed E-state index contributed by atoms with van der Waals surface area (Å²) in [4.78, 5) is 10.9. The number of carboxylic acid groups (broad SMARTS) is 1. The van der Waals surface area contributed by atoms with Crippen molar-refractivity contribution >= 4 is 35.2 Å². The van der Waals surface area contributed by atoms with Gasteiger partial charge in [0.2, 0.25) is 0 Å². The van der Waals surface area contributed by atoms with Gasteiger partial charge in [-0.2, -0.15) is 0 Å². The third-order valence-corrected chi connectivity index (χ3v) is 4.47. The molecule has 0 amide bonds. The molecular weight excluding hydrogens is 398 g/mol. The number of aliphatic carboxylic acids is 1. The van der Waals surface area contributed by atoms with Gasteiger partial charge in [0.15, 0.2) is 17.4 Å². The minimum Gasteiger partial charge on any atom is -0.482 e. The SMILES string of the molecule is NS/C(COc1c(F)cc(CCC(=O)O)cc1F)=C(\N)c1cccc(Cl)c1. The highest BCUT2D eigenvalue weighted by Crippen LogP contribution is 2.27. The molecule has 0 aliphatic heterocycles. The van der Waals surface area contributed by atoms with Gasteiger partial charge in [-0.1, -0.05) is 23.7 Å². The summed E-state index contributed by atoms with van der Waals surface area (Å²) in [6, 6.07) is 8.82. The average Bonchev–Trinajstić information content (AvgIpc) is 2.62. The Bertz CT molecular complexity index is 854. The first-order chi connectivity index (χ1) is 12.8. The van der Waals surface area contributed by atoms with Crippen molar-refractivity contribution in [2.75, 3.05) is 6.61 Å². The number of hydrogen-bond donors (Lipinski definition) is 3. The number of benzene rings is 2. The fraction of sp³-hybridized carbons (Fsp3) is 0.167. The fourth-order valence-electron chi connectivity index (χ4n) is 2.28. The van der Waals surface area contributed by atoms with Gasteiger partial charge in [0.1, 0.15) is 6.61 Å². The molecule has 0 aliphatic carbocycles. The van der Waals surface area contributed by atoms with Crippen molar-refractivity contribution in [1.82, 2.24) is 0 Å². The number of ether oxygens (including phenoxy) is 1. The minimum atomic E-state index is -1.05. The summed E-state index contributed by atoms with van der Waals surface area (Å²) < 4.78 is 33.5. The monoisotopic (exact) mass is 414 g/mol. The summed E-state index contributed by atoms with van der Waals surface area (Å²) in [6.07, 6.45) is -0.221. The maximum atomic E-state index is 14.2. The number of rotatable bonds is 8. The van der Waals surface area contributed by atoms with Gasteiger partial charge in [0.25, 0.3) is 0 Å². The number of carbonyl (C=O) groups is 1. The van der Waals surface area contributed by atoms with Crippen LogP contribution < -0.4 is 15.6 Å². The molecule has 0 atom stereocenters. The van der Waals surface area contributed by atoms with E-state index in [1.54, 1.807) is 24.3 Å². The van der Waals surface area contributed by atoms with Crippen LogP contribution in [0.15, 0.2) is 41.3 Å². The summed E-state index contributed by atoms with van der Waals surface area (Å²) in [5.74, 6) is -3.50. The van der Waals surface area contributed by atoms with E-state index in [0.717, 1.165) is 24.1 Å². The maximum Gasteiger partial charge on any atom is 0.303 e. The number of nitrogens with two attached hydrogens (primary N) is 2. The molecule has 0 radical (unpaired) electrons. The first-order valence-corrected chi connectivity index (χ1v) is 9.01. The van der Waals surface area contributed by atoms with Crippen molar-refractivity contribution < 1.29 is 23.4 Å². The van der Waals surface area contributed by atoms with Crippen molar-refractivity contribution in [3.8, 4) is 5.75 Å². The highest BCUT2D eigenvalue weighted by atomic mass is 35.5. The molecule has 144 valence electrons. The molecule has 0 unspecified atom stereocenters. The Labute approximate surface area is 164 Å². The third-order valence-electron chi connectivity index (χ3n) is 3.61. The summed E-state index contributed by atoms with van der Waals surface area (Å²) >= 11 is 6.73. The quantitative estimate of drug-likeness (QED) is 0.566. The second-order valence-corrected chi connectivity index (χ2v) is 6.70. The molecule has 9 heteroatoms. The Hall–Kier alpha value is -2.29. The van der Waals surface area contributed by atoms with Gasteiger partial charge in [-0.15, -0.1) is 0 Å². The van der Waals surface area contributed by atoms with E-state index < -0.39 is 23.4 Å². The van der Waals surface area contributed by atoms with Crippen LogP contribution in [0.5, 0.6) is 5.75 Å². The second kappa shape index (κ2) is 9.59. The van der Waals surface area contributed by atoms with Crippen molar-refractivity contribution in [3.63, 3.8) is 0 Å². The van der Waals surface area contributed by atoms with Crippen LogP contribution in [0.1, 0.15) is 17.5 Å².